The van der Waals surface area contributed by atoms with E-state index in [4.69, 9.17) is 4.74 Å². The maximum atomic E-state index is 12.7. The first kappa shape index (κ1) is 18.0. The number of anilines is 1. The number of amides is 2. The summed E-state index contributed by atoms with van der Waals surface area (Å²) in [6.45, 7) is 10.0. The second-order valence-electron chi connectivity index (χ2n) is 5.58. The molecule has 1 aromatic heterocycles. The van der Waals surface area contributed by atoms with Crippen molar-refractivity contribution in [1.82, 2.24) is 14.8 Å². The van der Waals surface area contributed by atoms with Crippen LogP contribution in [0.2, 0.25) is 0 Å². The summed E-state index contributed by atoms with van der Waals surface area (Å²) in [6.07, 6.45) is 3.07. The van der Waals surface area contributed by atoms with E-state index in [1.807, 2.05) is 6.07 Å². The predicted octanol–water partition coefficient (Wildman–Crippen LogP) is 1.84. The highest BCUT2D eigenvalue weighted by Crippen LogP contribution is 2.16. The molecule has 24 heavy (non-hydrogen) atoms. The number of aromatic nitrogens is 1. The number of nitrogens with zero attached hydrogens (tertiary/aromatic N) is 4. The average Bonchev–Trinajstić information content (AvgIpc) is 2.63. The Morgan fingerprint density at radius 3 is 2.29 bits per heavy atom. The standard InChI is InChI=1S/C17H26N4O3/c1-4-19(5-2)15-11-14(12-18-13-15)16(22)20-7-9-21(10-8-20)17(23)24-6-3/h11-13H,4-10H2,1-3H3. The van der Waals surface area contributed by atoms with Crippen LogP contribution in [0.4, 0.5) is 10.5 Å². The fourth-order valence-electron chi connectivity index (χ4n) is 2.80. The van der Waals surface area contributed by atoms with Gasteiger partial charge in [-0.25, -0.2) is 4.79 Å². The number of hydrogen-bond donors (Lipinski definition) is 0. The summed E-state index contributed by atoms with van der Waals surface area (Å²) >= 11 is 0. The third kappa shape index (κ3) is 4.15. The van der Waals surface area contributed by atoms with E-state index in [9.17, 15) is 9.59 Å². The number of ether oxygens (including phenoxy) is 1. The number of carbonyl (C=O) groups is 2. The topological polar surface area (TPSA) is 66.0 Å². The van der Waals surface area contributed by atoms with E-state index in [1.54, 1.807) is 29.1 Å². The van der Waals surface area contributed by atoms with Crippen molar-refractivity contribution >= 4 is 17.7 Å². The molecule has 0 spiro atoms. The molecule has 0 unspecified atom stereocenters. The monoisotopic (exact) mass is 334 g/mol. The molecular formula is C17H26N4O3. The lowest BCUT2D eigenvalue weighted by Crippen LogP contribution is -2.50. The minimum Gasteiger partial charge on any atom is -0.450 e. The fourth-order valence-corrected chi connectivity index (χ4v) is 2.80. The summed E-state index contributed by atoms with van der Waals surface area (Å²) in [7, 11) is 0. The molecule has 0 aliphatic carbocycles. The minimum atomic E-state index is -0.310. The molecule has 1 saturated heterocycles. The van der Waals surface area contributed by atoms with Gasteiger partial charge in [0.2, 0.25) is 0 Å². The quantitative estimate of drug-likeness (QED) is 0.822. The van der Waals surface area contributed by atoms with E-state index in [-0.39, 0.29) is 12.0 Å². The van der Waals surface area contributed by atoms with Gasteiger partial charge >= 0.3 is 6.09 Å². The summed E-state index contributed by atoms with van der Waals surface area (Å²) in [6, 6.07) is 1.89. The fraction of sp³-hybridized carbons (Fsp3) is 0.588. The summed E-state index contributed by atoms with van der Waals surface area (Å²) < 4.78 is 5.00. The van der Waals surface area contributed by atoms with Crippen LogP contribution in [-0.2, 0) is 4.74 Å². The van der Waals surface area contributed by atoms with E-state index in [1.165, 1.54) is 0 Å². The molecule has 7 heteroatoms. The van der Waals surface area contributed by atoms with Crippen LogP contribution in [0.5, 0.6) is 0 Å². The lowest BCUT2D eigenvalue weighted by Gasteiger charge is -2.34. The Labute approximate surface area is 143 Å². The molecule has 1 aliphatic heterocycles. The molecule has 0 radical (unpaired) electrons. The molecule has 0 aromatic carbocycles. The molecule has 2 rings (SSSR count). The zero-order chi connectivity index (χ0) is 17.5. The summed E-state index contributed by atoms with van der Waals surface area (Å²) in [5.74, 6) is -0.0417. The van der Waals surface area contributed by atoms with Crippen LogP contribution in [0.3, 0.4) is 0 Å². The van der Waals surface area contributed by atoms with Gasteiger partial charge in [-0.3, -0.25) is 9.78 Å². The summed E-state index contributed by atoms with van der Waals surface area (Å²) in [5, 5.41) is 0. The maximum absolute atomic E-state index is 12.7. The van der Waals surface area contributed by atoms with Crippen LogP contribution in [0.25, 0.3) is 0 Å². The van der Waals surface area contributed by atoms with Gasteiger partial charge in [0.25, 0.3) is 5.91 Å². The van der Waals surface area contributed by atoms with Gasteiger partial charge in [-0.2, -0.15) is 0 Å². The normalized spacial score (nSPS) is 14.5. The first-order valence-corrected chi connectivity index (χ1v) is 8.51. The Morgan fingerprint density at radius 1 is 1.08 bits per heavy atom. The van der Waals surface area contributed by atoms with Gasteiger partial charge in [0.15, 0.2) is 0 Å². The van der Waals surface area contributed by atoms with Gasteiger partial charge in [-0.05, 0) is 26.8 Å². The smallest absolute Gasteiger partial charge is 0.409 e. The number of carbonyl (C=O) groups excluding carboxylic acids is 2. The van der Waals surface area contributed by atoms with Crippen molar-refractivity contribution in [2.24, 2.45) is 0 Å². The highest BCUT2D eigenvalue weighted by Gasteiger charge is 2.25. The van der Waals surface area contributed by atoms with Gasteiger partial charge in [-0.15, -0.1) is 0 Å². The molecule has 1 fully saturated rings. The van der Waals surface area contributed by atoms with Gasteiger partial charge in [0.1, 0.15) is 0 Å². The molecule has 0 saturated carbocycles. The van der Waals surface area contributed by atoms with Crippen LogP contribution >= 0.6 is 0 Å². The first-order chi connectivity index (χ1) is 11.6. The highest BCUT2D eigenvalue weighted by atomic mass is 16.6. The Kier molecular flexibility index (Phi) is 6.40. The van der Waals surface area contributed by atoms with Gasteiger partial charge in [0.05, 0.1) is 24.1 Å². The van der Waals surface area contributed by atoms with Gasteiger partial charge in [-0.1, -0.05) is 0 Å². The highest BCUT2D eigenvalue weighted by molar-refractivity contribution is 5.95. The Hall–Kier alpha value is -2.31. The molecule has 1 aliphatic rings. The summed E-state index contributed by atoms with van der Waals surface area (Å²) in [5.41, 5.74) is 1.54. The van der Waals surface area contributed by atoms with Crippen LogP contribution in [0, 0.1) is 0 Å². The van der Waals surface area contributed by atoms with Crippen LogP contribution in [-0.4, -0.2) is 72.7 Å². The molecule has 1 aromatic rings. The lowest BCUT2D eigenvalue weighted by atomic mass is 10.2. The van der Waals surface area contributed by atoms with Crippen LogP contribution in [0.15, 0.2) is 18.5 Å². The Morgan fingerprint density at radius 2 is 1.71 bits per heavy atom. The molecule has 2 amide bonds. The predicted molar refractivity (Wildman–Crippen MR) is 92.3 cm³/mol. The van der Waals surface area contributed by atoms with Crippen molar-refractivity contribution in [3.8, 4) is 0 Å². The minimum absolute atomic E-state index is 0.0417. The third-order valence-corrected chi connectivity index (χ3v) is 4.19. The second kappa shape index (κ2) is 8.52. The van der Waals surface area contributed by atoms with E-state index in [0.29, 0.717) is 38.3 Å². The van der Waals surface area contributed by atoms with E-state index in [0.717, 1.165) is 18.8 Å². The average molecular weight is 334 g/mol. The molecular weight excluding hydrogens is 308 g/mol. The number of rotatable bonds is 5. The van der Waals surface area contributed by atoms with Crippen molar-refractivity contribution in [3.05, 3.63) is 24.0 Å². The molecule has 7 nitrogen and oxygen atoms in total. The van der Waals surface area contributed by atoms with E-state index >= 15 is 0 Å². The lowest BCUT2D eigenvalue weighted by molar-refractivity contribution is 0.0570. The van der Waals surface area contributed by atoms with Crippen molar-refractivity contribution in [2.45, 2.75) is 20.8 Å². The SMILES string of the molecule is CCOC(=O)N1CCN(C(=O)c2cncc(N(CC)CC)c2)CC1. The number of pyridine rings is 1. The van der Waals surface area contributed by atoms with E-state index in [2.05, 4.69) is 23.7 Å². The summed E-state index contributed by atoms with van der Waals surface area (Å²) in [4.78, 5) is 34.2. The van der Waals surface area contributed by atoms with Gasteiger partial charge < -0.3 is 19.4 Å². The van der Waals surface area contributed by atoms with Gasteiger partial charge in [0, 0.05) is 45.5 Å². The molecule has 0 bridgehead atoms. The van der Waals surface area contributed by atoms with Crippen molar-refractivity contribution in [2.75, 3.05) is 50.8 Å². The Bertz CT molecular complexity index is 567. The molecule has 0 atom stereocenters. The zero-order valence-electron chi connectivity index (χ0n) is 14.7. The largest absolute Gasteiger partial charge is 0.450 e. The first-order valence-electron chi connectivity index (χ1n) is 8.51. The maximum Gasteiger partial charge on any atom is 0.409 e. The molecule has 2 heterocycles. The zero-order valence-corrected chi connectivity index (χ0v) is 14.7. The molecule has 132 valence electrons. The Balaban J connectivity index is 2.00. The molecule has 0 N–H and O–H groups in total. The third-order valence-electron chi connectivity index (χ3n) is 4.19. The van der Waals surface area contributed by atoms with Crippen LogP contribution < -0.4 is 4.90 Å². The van der Waals surface area contributed by atoms with E-state index < -0.39 is 0 Å². The second-order valence-corrected chi connectivity index (χ2v) is 5.58. The van der Waals surface area contributed by atoms with Crippen LogP contribution in [0.1, 0.15) is 31.1 Å². The van der Waals surface area contributed by atoms with Crippen molar-refractivity contribution in [1.29, 1.82) is 0 Å². The van der Waals surface area contributed by atoms with Crippen molar-refractivity contribution in [3.63, 3.8) is 0 Å². The number of piperazine rings is 1. The van der Waals surface area contributed by atoms with Crippen molar-refractivity contribution < 1.29 is 14.3 Å². The number of hydrogen-bond acceptors (Lipinski definition) is 5.